The minimum absolute atomic E-state index is 0.843. The summed E-state index contributed by atoms with van der Waals surface area (Å²) in [6, 6.07) is 0. The van der Waals surface area contributed by atoms with Gasteiger partial charge in [0.05, 0.1) is 24.6 Å². The zero-order chi connectivity index (χ0) is 51.2. The highest BCUT2D eigenvalue weighted by Gasteiger charge is 2.35. The first kappa shape index (κ1) is 71.4. The van der Waals surface area contributed by atoms with E-state index < -0.39 is 7.26 Å². The topological polar surface area (TPSA) is 0 Å². The molecule has 0 nitrogen and oxygen atoms in total. The second-order valence-corrected chi connectivity index (χ2v) is 29.2. The lowest BCUT2D eigenvalue weighted by Gasteiger charge is -2.28. The third-order valence-corrected chi connectivity index (χ3v) is 22.5. The Morgan fingerprint density at radius 3 is 0.296 bits per heavy atom. The van der Waals surface area contributed by atoms with Gasteiger partial charge in [-0.25, -0.2) is 0 Å². The molecule has 0 aliphatic rings. The summed E-state index contributed by atoms with van der Waals surface area (Å²) in [7, 11) is -0.843. The highest BCUT2D eigenvalue weighted by atomic mass is 31.2. The minimum atomic E-state index is -0.843. The molecule has 0 saturated heterocycles. The molecule has 0 rings (SSSR count). The molecule has 0 unspecified atom stereocenters. The molecule has 0 aromatic rings. The van der Waals surface area contributed by atoms with Gasteiger partial charge in [-0.1, -0.05) is 374 Å². The standard InChI is InChI=1S/C70H144P/c1-5-9-13-17-21-25-29-32-35-38-41-44-48-52-56-60-64-68-71(67-63-59-55-51-47-28-24-20-16-12-8-4,69-65-61-57-53-49-45-42-39-36-33-30-26-22-18-14-10-6-2)70-66-62-58-54-50-46-43-40-37-34-31-27-23-19-15-11-7-3/h5-70H2,1-4H3/q+1. The molecule has 0 spiro atoms. The van der Waals surface area contributed by atoms with Gasteiger partial charge in [-0.2, -0.15) is 0 Å². The molecule has 0 radical (unpaired) electrons. The molecule has 0 atom stereocenters. The highest BCUT2D eigenvalue weighted by molar-refractivity contribution is 7.75. The Labute approximate surface area is 455 Å². The summed E-state index contributed by atoms with van der Waals surface area (Å²) in [5.41, 5.74) is 0. The van der Waals surface area contributed by atoms with Gasteiger partial charge in [-0.3, -0.25) is 0 Å². The summed E-state index contributed by atoms with van der Waals surface area (Å²) in [6.07, 6.45) is 99.3. The molecule has 0 amide bonds. The van der Waals surface area contributed by atoms with Crippen LogP contribution in [0.2, 0.25) is 0 Å². The average Bonchev–Trinajstić information content (AvgIpc) is 3.38. The number of rotatable bonds is 66. The molecule has 0 N–H and O–H groups in total. The van der Waals surface area contributed by atoms with Crippen molar-refractivity contribution in [3.63, 3.8) is 0 Å². The molecule has 0 saturated carbocycles. The third kappa shape index (κ3) is 59.5. The Bertz CT molecular complexity index is 801. The van der Waals surface area contributed by atoms with Crippen molar-refractivity contribution >= 4 is 7.26 Å². The lowest BCUT2D eigenvalue weighted by molar-refractivity contribution is 0.528. The van der Waals surface area contributed by atoms with E-state index in [4.69, 9.17) is 0 Å². The first-order valence-corrected chi connectivity index (χ1v) is 37.6. The van der Waals surface area contributed by atoms with Crippen molar-refractivity contribution in [3.8, 4) is 0 Å². The van der Waals surface area contributed by atoms with E-state index in [2.05, 4.69) is 27.7 Å². The molecule has 71 heavy (non-hydrogen) atoms. The smallest absolute Gasteiger partial charge is 0.0594 e. The molecule has 1 heteroatoms. The van der Waals surface area contributed by atoms with Crippen molar-refractivity contribution in [2.24, 2.45) is 0 Å². The van der Waals surface area contributed by atoms with Gasteiger partial charge in [0.15, 0.2) is 0 Å². The van der Waals surface area contributed by atoms with Crippen molar-refractivity contribution < 1.29 is 0 Å². The first-order valence-electron chi connectivity index (χ1n) is 35.1. The fourth-order valence-electron chi connectivity index (χ4n) is 12.3. The van der Waals surface area contributed by atoms with Gasteiger partial charge in [0.25, 0.3) is 0 Å². The maximum Gasteiger partial charge on any atom is 0.0594 e. The van der Waals surface area contributed by atoms with Crippen molar-refractivity contribution in [2.75, 3.05) is 24.6 Å². The summed E-state index contributed by atoms with van der Waals surface area (Å²) in [6.45, 7) is 9.34. The van der Waals surface area contributed by atoms with Crippen molar-refractivity contribution in [1.82, 2.24) is 0 Å². The van der Waals surface area contributed by atoms with Gasteiger partial charge in [-0.15, -0.1) is 0 Å². The lowest BCUT2D eigenvalue weighted by atomic mass is 10.0. The number of hydrogen-bond acceptors (Lipinski definition) is 0. The largest absolute Gasteiger partial charge is 0.0654 e. The summed E-state index contributed by atoms with van der Waals surface area (Å²) in [5, 5.41) is 0. The maximum atomic E-state index is 2.35. The van der Waals surface area contributed by atoms with Crippen LogP contribution in [-0.2, 0) is 0 Å². The predicted molar refractivity (Wildman–Crippen MR) is 335 cm³/mol. The van der Waals surface area contributed by atoms with Gasteiger partial charge >= 0.3 is 0 Å². The fraction of sp³-hybridized carbons (Fsp3) is 1.00. The maximum absolute atomic E-state index is 2.35. The van der Waals surface area contributed by atoms with E-state index in [1.165, 1.54) is 372 Å². The van der Waals surface area contributed by atoms with Gasteiger partial charge in [0.1, 0.15) is 0 Å². The summed E-state index contributed by atoms with van der Waals surface area (Å²) in [4.78, 5) is 0. The van der Waals surface area contributed by atoms with Crippen LogP contribution < -0.4 is 0 Å². The van der Waals surface area contributed by atoms with Crippen molar-refractivity contribution in [3.05, 3.63) is 0 Å². The SMILES string of the molecule is CCCCCCCCCCCCCCCCCCC[P+](CCCCCCCCCCCCC)(CCCCCCCCCCCCCCCCCCC)CCCCCCCCCCCCCCCCCCC. The van der Waals surface area contributed by atoms with Crippen molar-refractivity contribution in [2.45, 2.75) is 426 Å². The van der Waals surface area contributed by atoms with Crippen LogP contribution in [0.4, 0.5) is 0 Å². The van der Waals surface area contributed by atoms with E-state index >= 15 is 0 Å². The zero-order valence-corrected chi connectivity index (χ0v) is 52.0. The molecule has 0 aliphatic heterocycles. The van der Waals surface area contributed by atoms with E-state index in [1.54, 1.807) is 50.3 Å². The Morgan fingerprint density at radius 2 is 0.197 bits per heavy atom. The van der Waals surface area contributed by atoms with E-state index in [0.29, 0.717) is 0 Å². The van der Waals surface area contributed by atoms with Crippen LogP contribution in [0.3, 0.4) is 0 Å². The molecule has 0 aliphatic carbocycles. The second-order valence-electron chi connectivity index (χ2n) is 24.7. The van der Waals surface area contributed by atoms with Crippen LogP contribution in [0.1, 0.15) is 426 Å². The second kappa shape index (κ2) is 64.7. The van der Waals surface area contributed by atoms with Crippen LogP contribution in [0.5, 0.6) is 0 Å². The summed E-state index contributed by atoms with van der Waals surface area (Å²) in [5.74, 6) is 0. The summed E-state index contributed by atoms with van der Waals surface area (Å²) < 4.78 is 0. The van der Waals surface area contributed by atoms with E-state index in [-0.39, 0.29) is 0 Å². The molecule has 0 fully saturated rings. The fourth-order valence-corrected chi connectivity index (χ4v) is 17.2. The lowest BCUT2D eigenvalue weighted by Crippen LogP contribution is -2.13. The first-order chi connectivity index (χ1) is 35.2. The molecule has 0 heterocycles. The molecular formula is C70H144P+. The van der Waals surface area contributed by atoms with E-state index in [9.17, 15) is 0 Å². The third-order valence-electron chi connectivity index (χ3n) is 17.4. The van der Waals surface area contributed by atoms with Gasteiger partial charge in [-0.05, 0) is 51.4 Å². The van der Waals surface area contributed by atoms with Gasteiger partial charge in [0.2, 0.25) is 0 Å². The van der Waals surface area contributed by atoms with Crippen LogP contribution in [0, 0.1) is 0 Å². The van der Waals surface area contributed by atoms with E-state index in [1.807, 2.05) is 0 Å². The highest BCUT2D eigenvalue weighted by Crippen LogP contribution is 2.61. The van der Waals surface area contributed by atoms with Crippen LogP contribution in [0.15, 0.2) is 0 Å². The molecule has 0 aromatic heterocycles. The van der Waals surface area contributed by atoms with Crippen LogP contribution in [0.25, 0.3) is 0 Å². The Morgan fingerprint density at radius 1 is 0.113 bits per heavy atom. The molecule has 428 valence electrons. The van der Waals surface area contributed by atoms with Crippen LogP contribution in [-0.4, -0.2) is 24.6 Å². The monoisotopic (exact) mass is 1020 g/mol. The Kier molecular flexibility index (Phi) is 65.1. The Hall–Kier alpha value is 0.430. The van der Waals surface area contributed by atoms with Crippen molar-refractivity contribution in [1.29, 1.82) is 0 Å². The average molecular weight is 1020 g/mol. The molecular weight excluding hydrogens is 872 g/mol. The van der Waals surface area contributed by atoms with Crippen LogP contribution >= 0.6 is 7.26 Å². The normalized spacial score (nSPS) is 12.0. The summed E-state index contributed by atoms with van der Waals surface area (Å²) >= 11 is 0. The number of hydrogen-bond donors (Lipinski definition) is 0. The molecule has 0 bridgehead atoms. The number of unbranched alkanes of at least 4 members (excludes halogenated alkanes) is 58. The zero-order valence-electron chi connectivity index (χ0n) is 51.1. The minimum Gasteiger partial charge on any atom is -0.0654 e. The van der Waals surface area contributed by atoms with Gasteiger partial charge < -0.3 is 0 Å². The quantitative estimate of drug-likeness (QED) is 0.0421. The molecule has 0 aromatic carbocycles. The Balaban J connectivity index is 4.89. The van der Waals surface area contributed by atoms with Gasteiger partial charge in [0, 0.05) is 7.26 Å². The van der Waals surface area contributed by atoms with E-state index in [0.717, 1.165) is 0 Å². The predicted octanol–water partition coefficient (Wildman–Crippen LogP) is 27.3.